The Hall–Kier alpha value is -0.840. The van der Waals surface area contributed by atoms with Crippen LogP contribution in [0, 0.1) is 5.92 Å². The topological polar surface area (TPSA) is 72.7 Å². The molecular weight excluding hydrogens is 241 g/mol. The van der Waals surface area contributed by atoms with E-state index in [1.165, 1.54) is 12.3 Å². The summed E-state index contributed by atoms with van der Waals surface area (Å²) in [5, 5.41) is 20.3. The van der Waals surface area contributed by atoms with Crippen LogP contribution in [0.5, 0.6) is 5.75 Å². The van der Waals surface area contributed by atoms with Crippen molar-refractivity contribution in [2.45, 2.75) is 26.3 Å². The molecule has 0 aliphatic carbocycles. The first kappa shape index (κ1) is 17.2. The average molecular weight is 257 g/mol. The van der Waals surface area contributed by atoms with Gasteiger partial charge in [-0.3, -0.25) is 4.99 Å². The van der Waals surface area contributed by atoms with E-state index >= 15 is 0 Å². The second-order valence-corrected chi connectivity index (χ2v) is 4.30. The summed E-state index contributed by atoms with van der Waals surface area (Å²) in [6.07, 6.45) is 1.80. The van der Waals surface area contributed by atoms with Gasteiger partial charge in [-0.1, -0.05) is 26.0 Å². The van der Waals surface area contributed by atoms with E-state index in [0.29, 0.717) is 12.0 Å². The summed E-state index contributed by atoms with van der Waals surface area (Å²) in [5.74, 6) is -0.886. The quantitative estimate of drug-likeness (QED) is 0.489. The second-order valence-electron chi connectivity index (χ2n) is 4.30. The molecule has 1 rings (SSSR count). The van der Waals surface area contributed by atoms with Crippen molar-refractivity contribution in [3.63, 3.8) is 0 Å². The summed E-state index contributed by atoms with van der Waals surface area (Å²) in [4.78, 5) is 14.8. The van der Waals surface area contributed by atoms with E-state index in [1.54, 1.807) is 18.2 Å². The fraction of sp³-hybridized carbons (Fsp3) is 0.385. The molecule has 0 bridgehead atoms. The number of rotatable bonds is 5. The summed E-state index contributed by atoms with van der Waals surface area (Å²) in [5.41, 5.74) is 0.502. The third-order valence-corrected chi connectivity index (χ3v) is 2.30. The number of phenols is 1. The van der Waals surface area contributed by atoms with Crippen LogP contribution in [-0.2, 0) is 4.79 Å². The number of aliphatic carboxylic acids is 1. The number of aliphatic imine (C=N–C) groups is 1. The third kappa shape index (κ3) is 5.67. The molecule has 0 fully saturated rings. The van der Waals surface area contributed by atoms with Crippen molar-refractivity contribution in [2.24, 2.45) is 10.9 Å². The Labute approximate surface area is 129 Å². The molecule has 0 aliphatic rings. The Balaban J connectivity index is 0.00000289. The maximum absolute atomic E-state index is 10.9. The van der Waals surface area contributed by atoms with Crippen LogP contribution in [0.4, 0.5) is 0 Å². The molecule has 18 heavy (non-hydrogen) atoms. The van der Waals surface area contributed by atoms with Crippen molar-refractivity contribution in [1.82, 2.24) is 0 Å². The summed E-state index contributed by atoms with van der Waals surface area (Å²) < 4.78 is 0. The number of carbonyl (C=O) groups is 1. The molecule has 0 radical (unpaired) electrons. The Kier molecular flexibility index (Phi) is 7.91. The van der Waals surface area contributed by atoms with E-state index in [4.69, 9.17) is 0 Å². The van der Waals surface area contributed by atoms with Crippen molar-refractivity contribution in [2.75, 3.05) is 0 Å². The summed E-state index contributed by atoms with van der Waals surface area (Å²) in [6, 6.07) is 5.77. The van der Waals surface area contributed by atoms with Crippen LogP contribution in [-0.4, -0.2) is 23.3 Å². The van der Waals surface area contributed by atoms with E-state index in [2.05, 4.69) is 4.99 Å². The van der Waals surface area contributed by atoms with Crippen LogP contribution in [0.3, 0.4) is 0 Å². The van der Waals surface area contributed by atoms with Crippen LogP contribution in [0.15, 0.2) is 29.3 Å². The molecule has 4 nitrogen and oxygen atoms in total. The molecule has 0 amide bonds. The number of benzene rings is 1. The molecule has 0 saturated heterocycles. The first-order chi connectivity index (χ1) is 8.00. The van der Waals surface area contributed by atoms with E-state index < -0.39 is 12.0 Å². The molecule has 1 aromatic carbocycles. The van der Waals surface area contributed by atoms with Gasteiger partial charge in [-0.15, -0.1) is 0 Å². The molecule has 92 valence electrons. The van der Waals surface area contributed by atoms with E-state index in [1.807, 2.05) is 13.8 Å². The number of aromatic hydroxyl groups is 1. The number of nitrogens with zero attached hydrogens (tertiary/aromatic N) is 1. The Morgan fingerprint density at radius 3 is 2.56 bits per heavy atom. The van der Waals surface area contributed by atoms with Gasteiger partial charge in [-0.2, -0.15) is 0 Å². The zero-order chi connectivity index (χ0) is 12.8. The van der Waals surface area contributed by atoms with Crippen molar-refractivity contribution in [3.8, 4) is 5.75 Å². The van der Waals surface area contributed by atoms with E-state index in [9.17, 15) is 15.0 Å². The fourth-order valence-electron chi connectivity index (χ4n) is 1.43. The molecule has 1 N–H and O–H groups in total. The second kappa shape index (κ2) is 8.29. The first-order valence-corrected chi connectivity index (χ1v) is 5.52. The van der Waals surface area contributed by atoms with E-state index in [-0.39, 0.29) is 41.2 Å². The standard InChI is InChI=1S/C13H17NO3.Na/c1-9(2)7-11(13(16)17)14-8-10-5-3-4-6-12(10)15;/h3-6,8-9,11,15H,7H2,1-2H3,(H,16,17);/q;+1/p-1. The van der Waals surface area contributed by atoms with Crippen LogP contribution in [0.25, 0.3) is 0 Å². The number of carboxylic acids is 1. The van der Waals surface area contributed by atoms with Gasteiger partial charge < -0.3 is 15.0 Å². The normalized spacial score (nSPS) is 12.4. The number of carboxylic acid groups (broad SMARTS) is 1. The van der Waals surface area contributed by atoms with Gasteiger partial charge in [0.25, 0.3) is 0 Å². The van der Waals surface area contributed by atoms with Gasteiger partial charge in [0.15, 0.2) is 0 Å². The molecule has 1 atom stereocenters. The fourth-order valence-corrected chi connectivity index (χ4v) is 1.43. The Morgan fingerprint density at radius 1 is 1.44 bits per heavy atom. The van der Waals surface area contributed by atoms with Gasteiger partial charge in [-0.05, 0) is 24.5 Å². The number of hydrogen-bond donors (Lipinski definition) is 1. The SMILES string of the molecule is CC(C)CC(N=Cc1ccccc1O)C(=O)[O-].[Na+]. The van der Waals surface area contributed by atoms with Crippen LogP contribution in [0.1, 0.15) is 25.8 Å². The van der Waals surface area contributed by atoms with Crippen LogP contribution in [0.2, 0.25) is 0 Å². The Morgan fingerprint density at radius 2 is 2.06 bits per heavy atom. The predicted octanol–water partition coefficient (Wildman–Crippen LogP) is -2.02. The molecule has 1 unspecified atom stereocenters. The molecule has 0 aliphatic heterocycles. The smallest absolute Gasteiger partial charge is 0.548 e. The molecule has 0 saturated carbocycles. The molecule has 5 heteroatoms. The maximum atomic E-state index is 10.9. The first-order valence-electron chi connectivity index (χ1n) is 5.52. The average Bonchev–Trinajstić information content (AvgIpc) is 2.25. The van der Waals surface area contributed by atoms with Crippen LogP contribution >= 0.6 is 0 Å². The van der Waals surface area contributed by atoms with Crippen molar-refractivity contribution in [1.29, 1.82) is 0 Å². The minimum Gasteiger partial charge on any atom is -0.548 e. The zero-order valence-electron chi connectivity index (χ0n) is 11.0. The molecule has 1 aromatic rings. The monoisotopic (exact) mass is 257 g/mol. The van der Waals surface area contributed by atoms with Gasteiger partial charge in [0.1, 0.15) is 5.75 Å². The van der Waals surface area contributed by atoms with Crippen molar-refractivity contribution < 1.29 is 44.6 Å². The van der Waals surface area contributed by atoms with Gasteiger partial charge >= 0.3 is 29.6 Å². The zero-order valence-corrected chi connectivity index (χ0v) is 13.0. The van der Waals surface area contributed by atoms with Crippen LogP contribution < -0.4 is 34.7 Å². The van der Waals surface area contributed by atoms with E-state index in [0.717, 1.165) is 0 Å². The number of carbonyl (C=O) groups excluding carboxylic acids is 1. The van der Waals surface area contributed by atoms with Crippen molar-refractivity contribution in [3.05, 3.63) is 29.8 Å². The minimum absolute atomic E-state index is 0. The van der Waals surface area contributed by atoms with Gasteiger partial charge in [0.2, 0.25) is 0 Å². The molecule has 0 spiro atoms. The number of hydrogen-bond acceptors (Lipinski definition) is 4. The Bertz CT molecular complexity index is 418. The molecule has 0 aromatic heterocycles. The largest absolute Gasteiger partial charge is 1.00 e. The van der Waals surface area contributed by atoms with Gasteiger partial charge in [-0.25, -0.2) is 0 Å². The third-order valence-electron chi connectivity index (χ3n) is 2.30. The predicted molar refractivity (Wildman–Crippen MR) is 64.0 cm³/mol. The number of phenolic OH excluding ortho intramolecular Hbond substituents is 1. The summed E-state index contributed by atoms with van der Waals surface area (Å²) in [6.45, 7) is 3.84. The van der Waals surface area contributed by atoms with Gasteiger partial charge in [0, 0.05) is 11.8 Å². The maximum Gasteiger partial charge on any atom is 1.00 e. The number of para-hydroxylation sites is 1. The summed E-state index contributed by atoms with van der Waals surface area (Å²) in [7, 11) is 0. The van der Waals surface area contributed by atoms with Gasteiger partial charge in [0.05, 0.1) is 12.0 Å². The molecular formula is C13H16NNaO3. The molecule has 0 heterocycles. The summed E-state index contributed by atoms with van der Waals surface area (Å²) >= 11 is 0. The van der Waals surface area contributed by atoms with Crippen molar-refractivity contribution >= 4 is 12.2 Å². The minimum atomic E-state index is -1.19.